The lowest BCUT2D eigenvalue weighted by Crippen LogP contribution is -2.63. The molecule has 80 valence electrons. The van der Waals surface area contributed by atoms with Crippen LogP contribution in [0, 0.1) is 0 Å². The van der Waals surface area contributed by atoms with Crippen LogP contribution in [0.15, 0.2) is 0 Å². The van der Waals surface area contributed by atoms with Crippen molar-refractivity contribution in [1.82, 2.24) is 5.01 Å². The molecule has 0 aliphatic carbocycles. The minimum atomic E-state index is -1.59. The molecule has 2 saturated heterocycles. The van der Waals surface area contributed by atoms with Gasteiger partial charge in [-0.3, -0.25) is 4.79 Å². The molecular formula is C7H7N2O4S2+. The lowest BCUT2D eigenvalue weighted by Gasteiger charge is -2.26. The van der Waals surface area contributed by atoms with Crippen LogP contribution in [0.5, 0.6) is 0 Å². The second kappa shape index (κ2) is 3.34. The van der Waals surface area contributed by atoms with E-state index in [4.69, 9.17) is 12.2 Å². The van der Waals surface area contributed by atoms with E-state index in [9.17, 15) is 19.6 Å². The summed E-state index contributed by atoms with van der Waals surface area (Å²) in [5.41, 5.74) is 0. The summed E-state index contributed by atoms with van der Waals surface area (Å²) in [6.07, 6.45) is -0.126. The predicted molar refractivity (Wildman–Crippen MR) is 53.2 cm³/mol. The summed E-state index contributed by atoms with van der Waals surface area (Å²) in [6, 6.07) is 0. The van der Waals surface area contributed by atoms with E-state index in [0.29, 0.717) is 5.01 Å². The molecular weight excluding hydrogens is 240 g/mol. The van der Waals surface area contributed by atoms with E-state index in [1.54, 1.807) is 0 Å². The van der Waals surface area contributed by atoms with E-state index >= 15 is 0 Å². The van der Waals surface area contributed by atoms with Gasteiger partial charge in [0.1, 0.15) is 0 Å². The number of thiocarbonyl (C=S) groups is 1. The van der Waals surface area contributed by atoms with E-state index in [0.717, 1.165) is 11.8 Å². The number of imide groups is 1. The van der Waals surface area contributed by atoms with Gasteiger partial charge in [-0.05, 0) is 12.2 Å². The second-order valence-electron chi connectivity index (χ2n) is 3.15. The van der Waals surface area contributed by atoms with Crippen molar-refractivity contribution in [3.63, 3.8) is 0 Å². The molecule has 1 N–H and O–H groups in total. The minimum absolute atomic E-state index is 0.0555. The molecule has 0 aromatic carbocycles. The Labute approximate surface area is 94.3 Å². The first-order valence-electron chi connectivity index (χ1n) is 4.16. The van der Waals surface area contributed by atoms with E-state index in [1.807, 2.05) is 0 Å². The molecule has 0 radical (unpaired) electrons. The van der Waals surface area contributed by atoms with Crippen LogP contribution in [0.1, 0.15) is 12.8 Å². The monoisotopic (exact) mass is 247 g/mol. The summed E-state index contributed by atoms with van der Waals surface area (Å²) in [6.45, 7) is 0. The van der Waals surface area contributed by atoms with Crippen LogP contribution in [-0.2, 0) is 14.4 Å². The summed E-state index contributed by atoms with van der Waals surface area (Å²) >= 11 is 5.85. The molecule has 0 spiro atoms. The van der Waals surface area contributed by atoms with Gasteiger partial charge in [-0.15, -0.1) is 0 Å². The Morgan fingerprint density at radius 3 is 2.20 bits per heavy atom. The molecule has 0 aromatic heterocycles. The van der Waals surface area contributed by atoms with Crippen LogP contribution in [0.25, 0.3) is 0 Å². The van der Waals surface area contributed by atoms with Crippen LogP contribution in [0.2, 0.25) is 0 Å². The summed E-state index contributed by atoms with van der Waals surface area (Å²) in [5.74, 6) is -1.88. The molecule has 0 bridgehead atoms. The van der Waals surface area contributed by atoms with Gasteiger partial charge in [-0.1, -0.05) is 16.8 Å². The summed E-state index contributed by atoms with van der Waals surface area (Å²) in [4.78, 5) is 34.3. The Bertz CT molecular complexity index is 362. The molecule has 0 aromatic rings. The molecule has 0 atom stereocenters. The Morgan fingerprint density at radius 2 is 1.80 bits per heavy atom. The van der Waals surface area contributed by atoms with Crippen molar-refractivity contribution >= 4 is 46.0 Å². The number of hydrogen-bond acceptors (Lipinski definition) is 6. The van der Waals surface area contributed by atoms with E-state index in [2.05, 4.69) is 0 Å². The first-order chi connectivity index (χ1) is 6.98. The van der Waals surface area contributed by atoms with Crippen LogP contribution in [-0.4, -0.2) is 42.8 Å². The SMILES string of the molecule is O=C1CSC(=S)N1[N+]1(O)C(=O)CCC1=O. The molecule has 15 heavy (non-hydrogen) atoms. The zero-order chi connectivity index (χ0) is 11.2. The normalized spacial score (nSPS) is 25.5. The average molecular weight is 247 g/mol. The topological polar surface area (TPSA) is 74.7 Å². The highest BCUT2D eigenvalue weighted by atomic mass is 32.2. The Balaban J connectivity index is 2.44. The third kappa shape index (κ3) is 1.33. The van der Waals surface area contributed by atoms with Crippen LogP contribution >= 0.6 is 24.0 Å². The third-order valence-electron chi connectivity index (χ3n) is 2.27. The number of hydroxylamine groups is 2. The second-order valence-corrected chi connectivity index (χ2v) is 4.76. The molecule has 2 heterocycles. The van der Waals surface area contributed by atoms with Gasteiger partial charge in [0.15, 0.2) is 4.32 Å². The molecule has 8 heteroatoms. The fourth-order valence-corrected chi connectivity index (χ4v) is 2.62. The summed E-state index contributed by atoms with van der Waals surface area (Å²) in [5, 5.41) is 10.6. The average Bonchev–Trinajstić information content (AvgIpc) is 2.63. The largest absolute Gasteiger partial charge is 0.379 e. The molecule has 2 fully saturated rings. The Morgan fingerprint density at radius 1 is 1.27 bits per heavy atom. The quantitative estimate of drug-likeness (QED) is 0.300. The van der Waals surface area contributed by atoms with Gasteiger partial charge in [-0.25, -0.2) is 9.59 Å². The maximum Gasteiger partial charge on any atom is 0.379 e. The van der Waals surface area contributed by atoms with Crippen LogP contribution in [0.3, 0.4) is 0 Å². The smallest absolute Gasteiger partial charge is 0.268 e. The zero-order valence-electron chi connectivity index (χ0n) is 7.50. The first kappa shape index (κ1) is 10.7. The number of hydrogen-bond donors (Lipinski definition) is 1. The van der Waals surface area contributed by atoms with Gasteiger partial charge in [0, 0.05) is 0 Å². The highest BCUT2D eigenvalue weighted by Crippen LogP contribution is 2.30. The van der Waals surface area contributed by atoms with Crippen molar-refractivity contribution in [2.75, 3.05) is 5.75 Å². The lowest BCUT2D eigenvalue weighted by atomic mass is 10.4. The van der Waals surface area contributed by atoms with Crippen LogP contribution < -0.4 is 0 Å². The van der Waals surface area contributed by atoms with Gasteiger partial charge in [0.05, 0.1) is 23.3 Å². The number of quaternary nitrogens is 1. The van der Waals surface area contributed by atoms with Crippen molar-refractivity contribution in [3.8, 4) is 0 Å². The maximum atomic E-state index is 11.4. The van der Waals surface area contributed by atoms with Gasteiger partial charge in [0.25, 0.3) is 5.91 Å². The Kier molecular flexibility index (Phi) is 2.38. The molecule has 2 rings (SSSR count). The van der Waals surface area contributed by atoms with Crippen LogP contribution in [0.4, 0.5) is 0 Å². The Hall–Kier alpha value is -0.830. The number of carbonyl (C=O) groups is 3. The molecule has 0 unspecified atom stereocenters. The van der Waals surface area contributed by atoms with Crippen molar-refractivity contribution in [1.29, 1.82) is 0 Å². The highest BCUT2D eigenvalue weighted by Gasteiger charge is 2.60. The fraction of sp³-hybridized carbons (Fsp3) is 0.429. The zero-order valence-corrected chi connectivity index (χ0v) is 9.14. The molecule has 2 aliphatic rings. The first-order valence-corrected chi connectivity index (χ1v) is 5.56. The lowest BCUT2D eigenvalue weighted by molar-refractivity contribution is -1.04. The summed E-state index contributed by atoms with van der Waals surface area (Å²) < 4.78 is -1.53. The standard InChI is InChI=1S/C7H7N2O4S2/c10-4-3-15-7(14)8(4)9(13)5(11)1-2-6(9)12/h13H,1-3H2/q+1. The van der Waals surface area contributed by atoms with Crippen molar-refractivity contribution in [2.24, 2.45) is 0 Å². The van der Waals surface area contributed by atoms with E-state index in [1.165, 1.54) is 0 Å². The fourth-order valence-electron chi connectivity index (χ4n) is 1.51. The number of thioether (sulfide) groups is 1. The number of rotatable bonds is 1. The number of amides is 3. The van der Waals surface area contributed by atoms with Gasteiger partial charge >= 0.3 is 11.8 Å². The highest BCUT2D eigenvalue weighted by molar-refractivity contribution is 8.23. The van der Waals surface area contributed by atoms with Crippen molar-refractivity contribution in [2.45, 2.75) is 12.8 Å². The van der Waals surface area contributed by atoms with Crippen molar-refractivity contribution < 1.29 is 24.3 Å². The number of carbonyl (C=O) groups excluding carboxylic acids is 3. The predicted octanol–water partition coefficient (Wildman–Crippen LogP) is -0.185. The molecule has 2 aliphatic heterocycles. The number of nitrogens with zero attached hydrogens (tertiary/aromatic N) is 2. The van der Waals surface area contributed by atoms with Gasteiger partial charge in [0.2, 0.25) is 0 Å². The van der Waals surface area contributed by atoms with Crippen molar-refractivity contribution in [3.05, 3.63) is 0 Å². The maximum absolute atomic E-state index is 11.4. The third-order valence-corrected chi connectivity index (χ3v) is 3.60. The van der Waals surface area contributed by atoms with Gasteiger partial charge in [-0.2, -0.15) is 5.21 Å². The molecule has 0 saturated carbocycles. The van der Waals surface area contributed by atoms with Gasteiger partial charge < -0.3 is 0 Å². The van der Waals surface area contributed by atoms with E-state index < -0.39 is 22.5 Å². The summed E-state index contributed by atoms with van der Waals surface area (Å²) in [7, 11) is 0. The van der Waals surface area contributed by atoms with E-state index in [-0.39, 0.29) is 22.9 Å². The minimum Gasteiger partial charge on any atom is -0.268 e. The molecule has 3 amide bonds. The molecule has 6 nitrogen and oxygen atoms in total.